The molecule has 3 atom stereocenters. The van der Waals surface area contributed by atoms with Crippen molar-refractivity contribution in [2.45, 2.75) is 77.6 Å². The minimum atomic E-state index is -1.01. The van der Waals surface area contributed by atoms with E-state index in [1.54, 1.807) is 51.7 Å². The molecular weight excluding hydrogens is 568 g/mol. The summed E-state index contributed by atoms with van der Waals surface area (Å²) in [5.41, 5.74) is 5.48. The van der Waals surface area contributed by atoms with E-state index in [0.717, 1.165) is 15.7 Å². The van der Waals surface area contributed by atoms with Gasteiger partial charge in [0.1, 0.15) is 17.7 Å². The van der Waals surface area contributed by atoms with Crippen LogP contribution in [-0.4, -0.2) is 88.7 Å². The molecule has 0 saturated heterocycles. The topological polar surface area (TPSA) is 139 Å². The van der Waals surface area contributed by atoms with Crippen molar-refractivity contribution in [1.82, 2.24) is 15.1 Å². The molecule has 0 aromatic heterocycles. The first-order valence-electron chi connectivity index (χ1n) is 14.6. The molecule has 2 aromatic carbocycles. The van der Waals surface area contributed by atoms with Gasteiger partial charge in [0.05, 0.1) is 17.2 Å². The summed E-state index contributed by atoms with van der Waals surface area (Å²) in [5, 5.41) is 4.87. The number of rotatable bonds is 14. The molecule has 11 heteroatoms. The molecule has 0 bridgehead atoms. The molecule has 0 fully saturated rings. The number of esters is 1. The maximum atomic E-state index is 13.7. The fourth-order valence-electron chi connectivity index (χ4n) is 5.19. The van der Waals surface area contributed by atoms with E-state index >= 15 is 0 Å². The van der Waals surface area contributed by atoms with Crippen LogP contribution >= 0.6 is 11.8 Å². The van der Waals surface area contributed by atoms with Crippen LogP contribution in [0, 0.1) is 5.92 Å². The van der Waals surface area contributed by atoms with Crippen molar-refractivity contribution in [2.24, 2.45) is 11.7 Å². The molecule has 43 heavy (non-hydrogen) atoms. The van der Waals surface area contributed by atoms with Crippen molar-refractivity contribution in [3.05, 3.63) is 47.5 Å². The van der Waals surface area contributed by atoms with Crippen LogP contribution in [-0.2, 0) is 19.1 Å². The number of nitrogens with two attached hydrogens (primary N) is 1. The summed E-state index contributed by atoms with van der Waals surface area (Å²) in [6.07, 6.45) is 2.70. The largest absolute Gasteiger partial charge is 0.459 e. The third-order valence-corrected chi connectivity index (χ3v) is 7.96. The van der Waals surface area contributed by atoms with Crippen molar-refractivity contribution in [1.29, 1.82) is 0 Å². The molecule has 2 aromatic rings. The van der Waals surface area contributed by atoms with E-state index < -0.39 is 47.4 Å². The molecule has 0 saturated carbocycles. The number of nitrogens with one attached hydrogen (secondary N) is 1. The average Bonchev–Trinajstić information content (AvgIpc) is 3.15. The predicted molar refractivity (Wildman–Crippen MR) is 169 cm³/mol. The number of carbonyl (C=O) groups excluding carboxylic acids is 5. The van der Waals surface area contributed by atoms with Crippen LogP contribution in [0.5, 0.6) is 0 Å². The molecule has 0 spiro atoms. The third-order valence-electron chi connectivity index (χ3n) is 7.32. The monoisotopic (exact) mass is 612 g/mol. The Hall–Kier alpha value is -3.44. The van der Waals surface area contributed by atoms with Gasteiger partial charge in [0.2, 0.25) is 11.8 Å². The van der Waals surface area contributed by atoms with Gasteiger partial charge in [-0.05, 0) is 80.9 Å². The number of imide groups is 1. The van der Waals surface area contributed by atoms with Crippen LogP contribution in [0.15, 0.2) is 36.4 Å². The Balaban J connectivity index is 1.86. The fraction of sp³-hybridized carbons (Fsp3) is 0.531. The second kappa shape index (κ2) is 14.4. The quantitative estimate of drug-likeness (QED) is 0.244. The summed E-state index contributed by atoms with van der Waals surface area (Å²) in [6.45, 7) is 9.06. The Kier molecular flexibility index (Phi) is 11.4. The summed E-state index contributed by atoms with van der Waals surface area (Å²) in [7, 11) is 1.54. The SMILES string of the molecule is CSCC[C@@H](C(N)=O)N(C)C(=O)[C@H](CC(C)C)N[C@H](CCN1C(=O)c2cc3ccccc3cc2C1=O)C(=O)OC(C)(C)C. The van der Waals surface area contributed by atoms with Gasteiger partial charge in [-0.2, -0.15) is 11.8 Å². The first kappa shape index (κ1) is 34.1. The number of ether oxygens (including phenoxy) is 1. The van der Waals surface area contributed by atoms with Gasteiger partial charge < -0.3 is 15.4 Å². The molecule has 3 N–H and O–H groups in total. The lowest BCUT2D eigenvalue weighted by Gasteiger charge is -2.33. The molecule has 1 aliphatic heterocycles. The highest BCUT2D eigenvalue weighted by molar-refractivity contribution is 7.98. The van der Waals surface area contributed by atoms with Gasteiger partial charge in [-0.1, -0.05) is 38.1 Å². The highest BCUT2D eigenvalue weighted by Gasteiger charge is 2.38. The van der Waals surface area contributed by atoms with Crippen LogP contribution < -0.4 is 11.1 Å². The number of thioether (sulfide) groups is 1. The minimum Gasteiger partial charge on any atom is -0.459 e. The fourth-order valence-corrected chi connectivity index (χ4v) is 5.65. The van der Waals surface area contributed by atoms with E-state index in [2.05, 4.69) is 5.32 Å². The number of fused-ring (bicyclic) bond motifs is 2. The van der Waals surface area contributed by atoms with Crippen LogP contribution in [0.4, 0.5) is 0 Å². The van der Waals surface area contributed by atoms with Gasteiger partial charge in [0, 0.05) is 13.6 Å². The van der Waals surface area contributed by atoms with Crippen molar-refractivity contribution < 1.29 is 28.7 Å². The summed E-state index contributed by atoms with van der Waals surface area (Å²) in [5.74, 6) is -1.73. The van der Waals surface area contributed by atoms with Crippen LogP contribution in [0.25, 0.3) is 10.8 Å². The average molecular weight is 613 g/mol. The molecule has 234 valence electrons. The Morgan fingerprint density at radius 3 is 2.02 bits per heavy atom. The number of hydrogen-bond donors (Lipinski definition) is 2. The van der Waals surface area contributed by atoms with Crippen molar-refractivity contribution in [2.75, 3.05) is 25.6 Å². The Morgan fingerprint density at radius 1 is 1.00 bits per heavy atom. The number of carbonyl (C=O) groups is 5. The number of benzene rings is 2. The van der Waals surface area contributed by atoms with E-state index in [1.165, 1.54) is 4.90 Å². The van der Waals surface area contributed by atoms with Crippen LogP contribution in [0.2, 0.25) is 0 Å². The molecule has 4 amide bonds. The lowest BCUT2D eigenvalue weighted by molar-refractivity contribution is -0.158. The Labute approximate surface area is 258 Å². The Morgan fingerprint density at radius 2 is 1.56 bits per heavy atom. The van der Waals surface area contributed by atoms with Crippen molar-refractivity contribution in [3.8, 4) is 0 Å². The first-order valence-corrected chi connectivity index (χ1v) is 16.0. The first-order chi connectivity index (χ1) is 20.1. The zero-order valence-electron chi connectivity index (χ0n) is 26.1. The second-order valence-electron chi connectivity index (χ2n) is 12.4. The smallest absolute Gasteiger partial charge is 0.323 e. The van der Waals surface area contributed by atoms with E-state index in [4.69, 9.17) is 10.5 Å². The number of likely N-dealkylation sites (N-methyl/N-ethyl adjacent to an activating group) is 1. The highest BCUT2D eigenvalue weighted by atomic mass is 32.2. The summed E-state index contributed by atoms with van der Waals surface area (Å²) in [6, 6.07) is 8.27. The van der Waals surface area contributed by atoms with Crippen LogP contribution in [0.3, 0.4) is 0 Å². The van der Waals surface area contributed by atoms with Gasteiger partial charge in [0.25, 0.3) is 11.8 Å². The molecule has 0 radical (unpaired) electrons. The zero-order valence-corrected chi connectivity index (χ0v) is 27.0. The van der Waals surface area contributed by atoms with E-state index in [9.17, 15) is 24.0 Å². The van der Waals surface area contributed by atoms with Crippen LogP contribution in [0.1, 0.15) is 74.6 Å². The molecule has 1 heterocycles. The summed E-state index contributed by atoms with van der Waals surface area (Å²) < 4.78 is 5.68. The number of hydrogen-bond acceptors (Lipinski definition) is 8. The predicted octanol–water partition coefficient (Wildman–Crippen LogP) is 3.61. The van der Waals surface area contributed by atoms with Gasteiger partial charge in [-0.15, -0.1) is 0 Å². The lowest BCUT2D eigenvalue weighted by Crippen LogP contribution is -2.57. The van der Waals surface area contributed by atoms with E-state index in [-0.39, 0.29) is 24.8 Å². The number of nitrogens with zero attached hydrogens (tertiary/aromatic N) is 2. The lowest BCUT2D eigenvalue weighted by atomic mass is 10.00. The van der Waals surface area contributed by atoms with Gasteiger partial charge >= 0.3 is 5.97 Å². The van der Waals surface area contributed by atoms with Crippen molar-refractivity contribution in [3.63, 3.8) is 0 Å². The van der Waals surface area contributed by atoms with E-state index in [0.29, 0.717) is 29.7 Å². The molecule has 10 nitrogen and oxygen atoms in total. The third kappa shape index (κ3) is 8.57. The van der Waals surface area contributed by atoms with Gasteiger partial charge in [-0.25, -0.2) is 0 Å². The molecule has 3 rings (SSSR count). The number of primary amides is 1. The normalized spacial score (nSPS) is 15.4. The van der Waals surface area contributed by atoms with Gasteiger partial charge in [-0.3, -0.25) is 34.2 Å². The number of amides is 4. The van der Waals surface area contributed by atoms with Crippen molar-refractivity contribution >= 4 is 52.1 Å². The molecule has 0 aliphatic carbocycles. The summed E-state index contributed by atoms with van der Waals surface area (Å²) >= 11 is 1.55. The molecule has 0 unspecified atom stereocenters. The maximum absolute atomic E-state index is 13.7. The van der Waals surface area contributed by atoms with E-state index in [1.807, 2.05) is 44.4 Å². The molecule has 1 aliphatic rings. The Bertz CT molecular complexity index is 1320. The van der Waals surface area contributed by atoms with Gasteiger partial charge in [0.15, 0.2) is 0 Å². The summed E-state index contributed by atoms with van der Waals surface area (Å²) in [4.78, 5) is 68.5. The minimum absolute atomic E-state index is 0.0250. The highest BCUT2D eigenvalue weighted by Crippen LogP contribution is 2.28. The second-order valence-corrected chi connectivity index (χ2v) is 13.4. The molecular formula is C32H44N4O6S. The standard InChI is InChI=1S/C32H44N4O6S/c1-19(2)16-25(30(40)35(6)26(27(33)37)13-15-43-7)34-24(31(41)42-32(3,4)5)12-14-36-28(38)22-17-20-10-8-9-11-21(20)18-23(22)29(36)39/h8-11,17-19,24-26,34H,12-16H2,1-7H3,(H2,33,37)/t24-,25+,26+/m1/s1. The zero-order chi connectivity index (χ0) is 32.1. The maximum Gasteiger partial charge on any atom is 0.323 e.